The molecule has 68 heavy (non-hydrogen) atoms. The third kappa shape index (κ3) is 25.0. The average Bonchev–Trinajstić information content (AvgIpc) is 3.58. The molecule has 380 valence electrons. The topological polar surface area (TPSA) is 321 Å². The molecule has 0 bridgehead atoms. The van der Waals surface area contributed by atoms with E-state index in [2.05, 4.69) is 37.2 Å². The molecule has 0 aromatic heterocycles. The van der Waals surface area contributed by atoms with Crippen LogP contribution in [0, 0.1) is 0 Å². The highest BCUT2D eigenvalue weighted by atomic mass is 16.6. The molecule has 0 aliphatic carbocycles. The molecule has 22 heteroatoms. The molecule has 9 amide bonds. The van der Waals surface area contributed by atoms with Crippen LogP contribution in [0.3, 0.4) is 0 Å². The number of nitrogens with two attached hydrogens (primary N) is 2. The summed E-state index contributed by atoms with van der Waals surface area (Å²) in [5.41, 5.74) is 10.4. The van der Waals surface area contributed by atoms with Gasteiger partial charge in [-0.3, -0.25) is 38.5 Å². The van der Waals surface area contributed by atoms with Crippen molar-refractivity contribution in [2.24, 2.45) is 11.5 Å². The Labute approximate surface area is 398 Å². The van der Waals surface area contributed by atoms with E-state index in [0.29, 0.717) is 70.9 Å². The molecule has 2 atom stereocenters. The van der Waals surface area contributed by atoms with Crippen molar-refractivity contribution >= 4 is 53.5 Å². The normalized spacial score (nSPS) is 13.2. The maximum Gasteiger partial charge on any atom is 0.408 e. The highest BCUT2D eigenvalue weighted by molar-refractivity contribution is 6.12. The van der Waals surface area contributed by atoms with Crippen molar-refractivity contribution in [1.82, 2.24) is 42.1 Å². The van der Waals surface area contributed by atoms with E-state index in [1.165, 1.54) is 30.4 Å². The van der Waals surface area contributed by atoms with Crippen LogP contribution in [0.2, 0.25) is 0 Å². The number of ether oxygens (including phenoxy) is 3. The summed E-state index contributed by atoms with van der Waals surface area (Å²) >= 11 is 0. The van der Waals surface area contributed by atoms with Crippen molar-refractivity contribution < 1.29 is 57.4 Å². The molecule has 0 saturated carbocycles. The van der Waals surface area contributed by atoms with Crippen molar-refractivity contribution in [1.29, 1.82) is 0 Å². The van der Waals surface area contributed by atoms with Crippen LogP contribution in [-0.2, 0) is 33.4 Å². The first-order valence-electron chi connectivity index (χ1n) is 23.2. The molecule has 1 aromatic carbocycles. The lowest BCUT2D eigenvalue weighted by atomic mass is 10.1. The fourth-order valence-corrected chi connectivity index (χ4v) is 6.29. The van der Waals surface area contributed by atoms with Crippen molar-refractivity contribution in [2.45, 2.75) is 129 Å². The Balaban J connectivity index is 1.96. The van der Waals surface area contributed by atoms with Gasteiger partial charge in [0, 0.05) is 69.0 Å². The maximum atomic E-state index is 13.4. The molecule has 2 rings (SSSR count). The van der Waals surface area contributed by atoms with Gasteiger partial charge in [0.15, 0.2) is 0 Å². The molecule has 11 N–H and O–H groups in total. The second kappa shape index (κ2) is 30.2. The largest absolute Gasteiger partial charge is 0.492 e. The molecule has 0 fully saturated rings. The summed E-state index contributed by atoms with van der Waals surface area (Å²) in [7, 11) is 0. The Bertz CT molecular complexity index is 1880. The van der Waals surface area contributed by atoms with Crippen LogP contribution in [0.4, 0.5) is 9.59 Å². The summed E-state index contributed by atoms with van der Waals surface area (Å²) in [5, 5.41) is 18.8. The lowest BCUT2D eigenvalue weighted by molar-refractivity contribution is -0.137. The predicted octanol–water partition coefficient (Wildman–Crippen LogP) is 1.40. The van der Waals surface area contributed by atoms with Gasteiger partial charge in [-0.25, -0.2) is 9.59 Å². The fraction of sp³-hybridized carbons (Fsp3) is 0.630. The molecule has 1 aliphatic heterocycles. The quantitative estimate of drug-likeness (QED) is 0.0389. The number of carbonyl (C=O) groups excluding carboxylic acids is 9. The molecular weight excluding hydrogens is 885 g/mol. The lowest BCUT2D eigenvalue weighted by Gasteiger charge is -2.23. The highest BCUT2D eigenvalue weighted by Crippen LogP contribution is 2.18. The monoisotopic (exact) mass is 959 g/mol. The Morgan fingerprint density at radius 3 is 1.75 bits per heavy atom. The minimum Gasteiger partial charge on any atom is -0.492 e. The Morgan fingerprint density at radius 1 is 0.603 bits per heavy atom. The van der Waals surface area contributed by atoms with Crippen molar-refractivity contribution in [3.63, 3.8) is 0 Å². The van der Waals surface area contributed by atoms with Crippen LogP contribution in [0.1, 0.15) is 126 Å². The maximum absolute atomic E-state index is 13.4. The van der Waals surface area contributed by atoms with Crippen LogP contribution in [0.15, 0.2) is 30.4 Å². The van der Waals surface area contributed by atoms with E-state index in [-0.39, 0.29) is 86.9 Å². The van der Waals surface area contributed by atoms with Gasteiger partial charge >= 0.3 is 12.2 Å². The fourth-order valence-electron chi connectivity index (χ4n) is 6.29. The Hall–Kier alpha value is -6.29. The van der Waals surface area contributed by atoms with Crippen molar-refractivity contribution in [2.75, 3.05) is 59.0 Å². The third-order valence-electron chi connectivity index (χ3n) is 9.63. The third-order valence-corrected chi connectivity index (χ3v) is 9.63. The van der Waals surface area contributed by atoms with Gasteiger partial charge in [-0.2, -0.15) is 0 Å². The number of imide groups is 1. The second-order valence-electron chi connectivity index (χ2n) is 18.0. The molecule has 1 aliphatic rings. The van der Waals surface area contributed by atoms with Gasteiger partial charge in [0.25, 0.3) is 23.6 Å². The average molecular weight is 959 g/mol. The number of benzene rings is 1. The number of hydrogen-bond donors (Lipinski definition) is 9. The van der Waals surface area contributed by atoms with Crippen LogP contribution in [-0.4, -0.2) is 141 Å². The smallest absolute Gasteiger partial charge is 0.408 e. The molecule has 22 nitrogen and oxygen atoms in total. The van der Waals surface area contributed by atoms with E-state index in [9.17, 15) is 43.2 Å². The SMILES string of the molecule is CC(C)(C)OC(=O)NCCCCC(N)C(=O)NCCNC(=O)c1cc(OCCNC(=O)CCCCCN2C(=O)C=CC2=O)cc(C(=O)NCCNC(=O)[C@H](CCCCN)NC(=O)OC(C)(C)C)c1. The molecule has 0 saturated heterocycles. The molecule has 0 radical (unpaired) electrons. The highest BCUT2D eigenvalue weighted by Gasteiger charge is 2.25. The van der Waals surface area contributed by atoms with E-state index in [1.807, 2.05) is 0 Å². The standard InChI is InChI=1S/C46H74N10O12/c1-45(2,3)67-43(64)54-20-12-10-14-34(48)41(62)52-23-21-50-39(60)31-28-32(40(61)51-22-24-53-42(63)35(15-9-11-19-47)55-44(65)68-46(4,5)6)30-33(29-31)66-27-25-49-36(57)16-8-7-13-26-56-37(58)17-18-38(56)59/h17-18,28-30,34-35H,7-16,19-27,47-48H2,1-6H3,(H,49,57)(H,50,60)(H,51,61)(H,52,62)(H,53,63)(H,54,64)(H,55,65)/t34?,35-/m0/s1. The number of alkyl carbamates (subject to hydrolysis) is 2. The van der Waals surface area contributed by atoms with Gasteiger partial charge in [0.05, 0.1) is 12.6 Å². The number of carbonyl (C=O) groups is 9. The first kappa shape index (κ1) is 57.8. The number of unbranched alkanes of at least 4 members (excludes halogenated alkanes) is 4. The second-order valence-corrected chi connectivity index (χ2v) is 18.0. The minimum absolute atomic E-state index is 0.00709. The van der Waals surface area contributed by atoms with E-state index >= 15 is 0 Å². The molecule has 1 aromatic rings. The van der Waals surface area contributed by atoms with Gasteiger partial charge < -0.3 is 62.9 Å². The van der Waals surface area contributed by atoms with Crippen molar-refractivity contribution in [3.05, 3.63) is 41.5 Å². The zero-order chi connectivity index (χ0) is 50.7. The van der Waals surface area contributed by atoms with Gasteiger partial charge in [0.1, 0.15) is 29.6 Å². The van der Waals surface area contributed by atoms with E-state index in [1.54, 1.807) is 41.5 Å². The van der Waals surface area contributed by atoms with Gasteiger partial charge in [-0.15, -0.1) is 0 Å². The van der Waals surface area contributed by atoms with Gasteiger partial charge in [-0.05, 0) is 118 Å². The first-order valence-corrected chi connectivity index (χ1v) is 23.2. The molecule has 1 unspecified atom stereocenters. The summed E-state index contributed by atoms with van der Waals surface area (Å²) in [6, 6.07) is 2.50. The number of rotatable bonds is 30. The summed E-state index contributed by atoms with van der Waals surface area (Å²) in [4.78, 5) is 114. The Kier molecular flexibility index (Phi) is 25.7. The van der Waals surface area contributed by atoms with Gasteiger partial charge in [0.2, 0.25) is 17.7 Å². The van der Waals surface area contributed by atoms with Crippen LogP contribution in [0.5, 0.6) is 5.75 Å². The minimum atomic E-state index is -0.896. The lowest BCUT2D eigenvalue weighted by Crippen LogP contribution is -2.49. The van der Waals surface area contributed by atoms with Crippen molar-refractivity contribution in [3.8, 4) is 5.75 Å². The number of hydrogen-bond acceptors (Lipinski definition) is 14. The molecular formula is C46H74N10O12. The summed E-state index contributed by atoms with van der Waals surface area (Å²) < 4.78 is 16.3. The van der Waals surface area contributed by atoms with Crippen LogP contribution >= 0.6 is 0 Å². The molecule has 0 spiro atoms. The number of nitrogens with zero attached hydrogens (tertiary/aromatic N) is 1. The molecule has 1 heterocycles. The summed E-state index contributed by atoms with van der Waals surface area (Å²) in [5.74, 6) is -2.82. The summed E-state index contributed by atoms with van der Waals surface area (Å²) in [6.07, 6.45) is 6.22. The van der Waals surface area contributed by atoms with Gasteiger partial charge in [-0.1, -0.05) is 6.42 Å². The zero-order valence-corrected chi connectivity index (χ0v) is 40.5. The number of nitrogens with one attached hydrogen (secondary N) is 7. The predicted molar refractivity (Wildman–Crippen MR) is 252 cm³/mol. The number of amides is 9. The zero-order valence-electron chi connectivity index (χ0n) is 40.5. The van der Waals surface area contributed by atoms with E-state index in [0.717, 1.165) is 4.90 Å². The van der Waals surface area contributed by atoms with E-state index < -0.39 is 59.1 Å². The van der Waals surface area contributed by atoms with E-state index in [4.69, 9.17) is 25.7 Å². The Morgan fingerprint density at radius 2 is 1.16 bits per heavy atom. The first-order chi connectivity index (χ1) is 32.1. The van der Waals surface area contributed by atoms with Crippen LogP contribution < -0.4 is 53.4 Å². The summed E-state index contributed by atoms with van der Waals surface area (Å²) in [6.45, 7) is 11.7. The van der Waals surface area contributed by atoms with Crippen LogP contribution in [0.25, 0.3) is 0 Å².